The average molecular weight is 532 g/mol. The number of hydrogen-bond acceptors (Lipinski definition) is 5. The molecule has 30 heavy (non-hydrogen) atoms. The third-order valence-corrected chi connectivity index (χ3v) is 4.82. The molecular formula is C22H37IN4O3. The van der Waals surface area contributed by atoms with Crippen LogP contribution in [0.1, 0.15) is 51.6 Å². The molecule has 2 N–H and O–H groups in total. The second-order valence-electron chi connectivity index (χ2n) is 7.47. The van der Waals surface area contributed by atoms with Crippen LogP contribution in [-0.4, -0.2) is 62.8 Å². The zero-order valence-electron chi connectivity index (χ0n) is 18.6. The van der Waals surface area contributed by atoms with Crippen molar-refractivity contribution in [2.45, 2.75) is 52.2 Å². The van der Waals surface area contributed by atoms with Crippen LogP contribution in [0.3, 0.4) is 0 Å². The van der Waals surface area contributed by atoms with Gasteiger partial charge in [-0.05, 0) is 64.4 Å². The molecule has 2 rings (SSSR count). The number of nitrogens with one attached hydrogen (secondary N) is 2. The number of nitrogens with zero attached hydrogens (tertiary/aromatic N) is 2. The van der Waals surface area contributed by atoms with E-state index in [4.69, 9.17) is 14.5 Å². The van der Waals surface area contributed by atoms with E-state index in [-0.39, 0.29) is 42.1 Å². The Balaban J connectivity index is 0.00000450. The van der Waals surface area contributed by atoms with Crippen LogP contribution in [-0.2, 0) is 9.53 Å². The second kappa shape index (κ2) is 14.5. The molecule has 1 aliphatic rings. The molecule has 0 aliphatic carbocycles. The highest BCUT2D eigenvalue weighted by molar-refractivity contribution is 14.0. The molecule has 8 heteroatoms. The number of guanidine groups is 1. The molecule has 0 bridgehead atoms. The fraction of sp³-hybridized carbons (Fsp3) is 0.636. The fourth-order valence-corrected chi connectivity index (χ4v) is 3.46. The third kappa shape index (κ3) is 9.07. The zero-order valence-corrected chi connectivity index (χ0v) is 21.0. The number of ether oxygens (including phenoxy) is 2. The molecular weight excluding hydrogens is 495 g/mol. The summed E-state index contributed by atoms with van der Waals surface area (Å²) in [5, 5.41) is 6.50. The highest BCUT2D eigenvalue weighted by Crippen LogP contribution is 2.27. The maximum atomic E-state index is 11.7. The lowest BCUT2D eigenvalue weighted by molar-refractivity contribution is -0.147. The van der Waals surface area contributed by atoms with Gasteiger partial charge in [0.15, 0.2) is 5.96 Å². The molecule has 0 amide bonds. The van der Waals surface area contributed by atoms with E-state index in [1.807, 2.05) is 32.9 Å². The van der Waals surface area contributed by atoms with E-state index in [1.54, 1.807) is 7.11 Å². The van der Waals surface area contributed by atoms with Crippen molar-refractivity contribution in [3.05, 3.63) is 29.8 Å². The summed E-state index contributed by atoms with van der Waals surface area (Å²) in [6.07, 6.45) is 2.67. The molecule has 1 fully saturated rings. The molecule has 0 spiro atoms. The average Bonchev–Trinajstić information content (AvgIpc) is 3.22. The van der Waals surface area contributed by atoms with Crippen LogP contribution in [0.4, 0.5) is 0 Å². The summed E-state index contributed by atoms with van der Waals surface area (Å²) in [5.41, 5.74) is 1.21. The lowest BCUT2D eigenvalue weighted by Gasteiger charge is -2.27. The van der Waals surface area contributed by atoms with Crippen molar-refractivity contribution in [1.29, 1.82) is 0 Å². The van der Waals surface area contributed by atoms with Gasteiger partial charge in [-0.25, -0.2) is 0 Å². The number of aliphatic imine (C=N–C) groups is 1. The van der Waals surface area contributed by atoms with Gasteiger partial charge in [0.05, 0.1) is 32.2 Å². The van der Waals surface area contributed by atoms with Crippen molar-refractivity contribution in [3.8, 4) is 5.75 Å². The van der Waals surface area contributed by atoms with Gasteiger partial charge in [-0.3, -0.25) is 14.7 Å². The van der Waals surface area contributed by atoms with Crippen molar-refractivity contribution >= 4 is 35.9 Å². The van der Waals surface area contributed by atoms with Gasteiger partial charge in [0.1, 0.15) is 5.75 Å². The van der Waals surface area contributed by atoms with E-state index in [0.717, 1.165) is 31.3 Å². The molecule has 1 aromatic rings. The van der Waals surface area contributed by atoms with Crippen LogP contribution in [0, 0.1) is 0 Å². The Kier molecular flexibility index (Phi) is 12.8. The Bertz CT molecular complexity index is 664. The summed E-state index contributed by atoms with van der Waals surface area (Å²) in [7, 11) is 1.69. The van der Waals surface area contributed by atoms with Gasteiger partial charge < -0.3 is 20.1 Å². The van der Waals surface area contributed by atoms with Crippen molar-refractivity contribution < 1.29 is 14.3 Å². The summed E-state index contributed by atoms with van der Waals surface area (Å²) in [4.78, 5) is 19.0. The van der Waals surface area contributed by atoms with Gasteiger partial charge in [0.2, 0.25) is 0 Å². The Morgan fingerprint density at radius 1 is 1.23 bits per heavy atom. The molecule has 170 valence electrons. The zero-order chi connectivity index (χ0) is 21.1. The standard InChI is InChI=1S/C22H36N4O3.HI/c1-5-23-22(24-12-11-21(27)29-17(2)3)25-16-20(26-13-6-7-14-26)18-9-8-10-19(15-18)28-4;/h8-10,15,17,20H,5-7,11-14,16H2,1-4H3,(H2,23,24,25);1H. The van der Waals surface area contributed by atoms with E-state index < -0.39 is 0 Å². The smallest absolute Gasteiger partial charge is 0.307 e. The predicted molar refractivity (Wildman–Crippen MR) is 132 cm³/mol. The van der Waals surface area contributed by atoms with Crippen LogP contribution < -0.4 is 15.4 Å². The number of likely N-dealkylation sites (tertiary alicyclic amines) is 1. The first-order chi connectivity index (χ1) is 14.0. The van der Waals surface area contributed by atoms with Crippen molar-refractivity contribution in [1.82, 2.24) is 15.5 Å². The van der Waals surface area contributed by atoms with E-state index in [9.17, 15) is 4.79 Å². The monoisotopic (exact) mass is 532 g/mol. The topological polar surface area (TPSA) is 75.2 Å². The second-order valence-corrected chi connectivity index (χ2v) is 7.47. The van der Waals surface area contributed by atoms with Crippen molar-refractivity contribution in [2.24, 2.45) is 4.99 Å². The number of esters is 1. The van der Waals surface area contributed by atoms with Crippen LogP contribution in [0.2, 0.25) is 0 Å². The van der Waals surface area contributed by atoms with Crippen molar-refractivity contribution in [2.75, 3.05) is 39.8 Å². The first-order valence-corrected chi connectivity index (χ1v) is 10.6. The molecule has 0 aromatic heterocycles. The normalized spacial score (nSPS) is 15.4. The summed E-state index contributed by atoms with van der Waals surface area (Å²) >= 11 is 0. The SMILES string of the molecule is CCNC(=NCC(c1cccc(OC)c1)N1CCCC1)NCCC(=O)OC(C)C.I. The first-order valence-electron chi connectivity index (χ1n) is 10.6. The van der Waals surface area contributed by atoms with Gasteiger partial charge in [0, 0.05) is 13.1 Å². The molecule has 0 saturated carbocycles. The van der Waals surface area contributed by atoms with Gasteiger partial charge in [-0.2, -0.15) is 0 Å². The van der Waals surface area contributed by atoms with E-state index in [0.29, 0.717) is 19.5 Å². The predicted octanol–water partition coefficient (Wildman–Crippen LogP) is 3.35. The molecule has 1 saturated heterocycles. The minimum atomic E-state index is -0.199. The van der Waals surface area contributed by atoms with Gasteiger partial charge in [-0.15, -0.1) is 24.0 Å². The van der Waals surface area contributed by atoms with E-state index >= 15 is 0 Å². The van der Waals surface area contributed by atoms with Gasteiger partial charge in [-0.1, -0.05) is 12.1 Å². The molecule has 7 nitrogen and oxygen atoms in total. The van der Waals surface area contributed by atoms with Gasteiger partial charge >= 0.3 is 5.97 Å². The summed E-state index contributed by atoms with van der Waals surface area (Å²) in [6.45, 7) is 9.80. The van der Waals surface area contributed by atoms with Crippen LogP contribution in [0.15, 0.2) is 29.3 Å². The Hall–Kier alpha value is -1.55. The Morgan fingerprint density at radius 2 is 1.97 bits per heavy atom. The minimum Gasteiger partial charge on any atom is -0.497 e. The summed E-state index contributed by atoms with van der Waals surface area (Å²) in [5.74, 6) is 1.39. The largest absolute Gasteiger partial charge is 0.497 e. The maximum Gasteiger partial charge on any atom is 0.307 e. The van der Waals surface area contributed by atoms with Gasteiger partial charge in [0.25, 0.3) is 0 Å². The molecule has 1 unspecified atom stereocenters. The number of halogens is 1. The molecule has 1 aliphatic heterocycles. The fourth-order valence-electron chi connectivity index (χ4n) is 3.46. The van der Waals surface area contributed by atoms with Crippen molar-refractivity contribution in [3.63, 3.8) is 0 Å². The number of rotatable bonds is 10. The summed E-state index contributed by atoms with van der Waals surface area (Å²) < 4.78 is 10.6. The number of hydrogen-bond donors (Lipinski definition) is 2. The number of methoxy groups -OCH3 is 1. The van der Waals surface area contributed by atoms with Crippen LogP contribution in [0.5, 0.6) is 5.75 Å². The molecule has 1 aromatic carbocycles. The maximum absolute atomic E-state index is 11.7. The number of carbonyl (C=O) groups excluding carboxylic acids is 1. The highest BCUT2D eigenvalue weighted by Gasteiger charge is 2.23. The molecule has 0 radical (unpaired) electrons. The summed E-state index contributed by atoms with van der Waals surface area (Å²) in [6, 6.07) is 8.44. The Morgan fingerprint density at radius 3 is 2.60 bits per heavy atom. The number of benzene rings is 1. The van der Waals surface area contributed by atoms with Crippen LogP contribution in [0.25, 0.3) is 0 Å². The Labute approximate surface area is 198 Å². The lowest BCUT2D eigenvalue weighted by Crippen LogP contribution is -2.39. The minimum absolute atomic E-state index is 0. The first kappa shape index (κ1) is 26.5. The lowest BCUT2D eigenvalue weighted by atomic mass is 10.1. The molecule has 1 atom stereocenters. The van der Waals surface area contributed by atoms with Crippen LogP contribution >= 0.6 is 24.0 Å². The number of carbonyl (C=O) groups is 1. The quantitative estimate of drug-likeness (QED) is 0.209. The van der Waals surface area contributed by atoms with E-state index in [2.05, 4.69) is 27.7 Å². The highest BCUT2D eigenvalue weighted by atomic mass is 127. The molecule has 1 heterocycles. The van der Waals surface area contributed by atoms with E-state index in [1.165, 1.54) is 18.4 Å². The third-order valence-electron chi connectivity index (χ3n) is 4.82.